The molecule has 2 aliphatic rings. The monoisotopic (exact) mass is 474 g/mol. The van der Waals surface area contributed by atoms with Crippen LogP contribution in [-0.2, 0) is 20.1 Å². The molecule has 1 unspecified atom stereocenters. The van der Waals surface area contributed by atoms with Crippen molar-refractivity contribution < 1.29 is 27.8 Å². The molecule has 1 N–H and O–H groups in total. The van der Waals surface area contributed by atoms with Crippen molar-refractivity contribution in [2.75, 3.05) is 33.4 Å². The van der Waals surface area contributed by atoms with Crippen LogP contribution in [0.2, 0.25) is 0 Å². The summed E-state index contributed by atoms with van der Waals surface area (Å²) in [5.74, 6) is -0.756. The topological polar surface area (TPSA) is 60.0 Å². The summed E-state index contributed by atoms with van der Waals surface area (Å²) in [7, 11) is 1.80. The molecule has 4 rings (SSSR count). The number of rotatable bonds is 9. The molecule has 6 nitrogen and oxygen atoms in total. The highest BCUT2D eigenvalue weighted by atomic mass is 19.1. The van der Waals surface area contributed by atoms with Gasteiger partial charge >= 0.3 is 0 Å². The molecule has 1 atom stereocenters. The summed E-state index contributed by atoms with van der Waals surface area (Å²) in [4.78, 5) is 15.0. The number of ether oxygens (including phenoxy) is 3. The Morgan fingerprint density at radius 1 is 1.06 bits per heavy atom. The quantitative estimate of drug-likeness (QED) is 0.596. The van der Waals surface area contributed by atoms with E-state index in [9.17, 15) is 13.6 Å². The van der Waals surface area contributed by atoms with Crippen LogP contribution in [0.4, 0.5) is 8.78 Å². The lowest BCUT2D eigenvalue weighted by molar-refractivity contribution is -0.172. The molecule has 2 aromatic rings. The van der Waals surface area contributed by atoms with Crippen LogP contribution in [0, 0.1) is 11.6 Å². The number of carbonyl (C=O) groups excluding carboxylic acids is 1. The molecule has 0 radical (unpaired) electrons. The number of amides is 1. The van der Waals surface area contributed by atoms with Gasteiger partial charge in [-0.3, -0.25) is 4.79 Å². The van der Waals surface area contributed by atoms with Crippen LogP contribution < -0.4 is 10.1 Å². The van der Waals surface area contributed by atoms with E-state index in [-0.39, 0.29) is 29.7 Å². The second kappa shape index (κ2) is 11.3. The number of halogens is 2. The number of nitrogens with zero attached hydrogens (tertiary/aromatic N) is 1. The Morgan fingerprint density at radius 2 is 1.65 bits per heavy atom. The van der Waals surface area contributed by atoms with E-state index < -0.39 is 5.79 Å². The number of carbonyl (C=O) groups is 1. The minimum Gasteiger partial charge on any atom is -0.490 e. The maximum atomic E-state index is 13.4. The maximum absolute atomic E-state index is 13.4. The van der Waals surface area contributed by atoms with Gasteiger partial charge < -0.3 is 24.4 Å². The van der Waals surface area contributed by atoms with E-state index in [0.29, 0.717) is 51.3 Å². The van der Waals surface area contributed by atoms with Crippen LogP contribution in [-0.4, -0.2) is 56.3 Å². The van der Waals surface area contributed by atoms with Gasteiger partial charge in [0.15, 0.2) is 5.79 Å². The Balaban J connectivity index is 1.26. The average Bonchev–Trinajstić information content (AvgIpc) is 3.34. The molecular weight excluding hydrogens is 442 g/mol. The molecule has 2 heterocycles. The van der Waals surface area contributed by atoms with Gasteiger partial charge in [0, 0.05) is 37.9 Å². The van der Waals surface area contributed by atoms with E-state index >= 15 is 0 Å². The van der Waals surface area contributed by atoms with E-state index in [1.807, 2.05) is 4.90 Å². The molecule has 2 aromatic carbocycles. The Labute approximate surface area is 199 Å². The van der Waals surface area contributed by atoms with Crippen LogP contribution in [0.1, 0.15) is 37.7 Å². The number of hydrogen-bond donors (Lipinski definition) is 1. The standard InChI is InChI=1S/C26H32F2N2O4/c1-29-24(3-2-14-26(32-17-18-33-26)19-4-6-20(27)7-5-19)25(31)30-15-12-23(13-16-30)34-22-10-8-21(28)9-11-22/h4-11,23-24,29H,2-3,12-18H2,1H3. The van der Waals surface area contributed by atoms with Gasteiger partial charge in [-0.1, -0.05) is 12.1 Å². The fourth-order valence-electron chi connectivity index (χ4n) is 4.66. The molecule has 184 valence electrons. The molecule has 0 spiro atoms. The third-order valence-electron chi connectivity index (χ3n) is 6.55. The summed E-state index contributed by atoms with van der Waals surface area (Å²) in [5.41, 5.74) is 0.793. The van der Waals surface area contributed by atoms with Gasteiger partial charge in [-0.2, -0.15) is 0 Å². The van der Waals surface area contributed by atoms with Gasteiger partial charge in [-0.25, -0.2) is 8.78 Å². The first-order chi connectivity index (χ1) is 16.5. The first-order valence-corrected chi connectivity index (χ1v) is 11.9. The van der Waals surface area contributed by atoms with Gasteiger partial charge in [0.05, 0.1) is 19.3 Å². The maximum Gasteiger partial charge on any atom is 0.239 e. The first kappa shape index (κ1) is 24.6. The highest BCUT2D eigenvalue weighted by Crippen LogP contribution is 2.36. The molecule has 2 fully saturated rings. The van der Waals surface area contributed by atoms with Crippen LogP contribution in [0.3, 0.4) is 0 Å². The largest absolute Gasteiger partial charge is 0.490 e. The lowest BCUT2D eigenvalue weighted by atomic mass is 9.97. The lowest BCUT2D eigenvalue weighted by Crippen LogP contribution is -2.49. The zero-order chi connectivity index (χ0) is 24.0. The van der Waals surface area contributed by atoms with E-state index in [1.165, 1.54) is 24.3 Å². The number of likely N-dealkylation sites (N-methyl/N-ethyl adjacent to an activating group) is 1. The fourth-order valence-corrected chi connectivity index (χ4v) is 4.66. The first-order valence-electron chi connectivity index (χ1n) is 11.9. The van der Waals surface area contributed by atoms with Crippen LogP contribution in [0.5, 0.6) is 5.75 Å². The van der Waals surface area contributed by atoms with Crippen molar-refractivity contribution in [3.8, 4) is 5.75 Å². The minimum atomic E-state index is -0.884. The Bertz CT molecular complexity index is 925. The predicted octanol–water partition coefficient (Wildman–Crippen LogP) is 3.99. The minimum absolute atomic E-state index is 0.00905. The summed E-state index contributed by atoms with van der Waals surface area (Å²) in [6.45, 7) is 2.21. The Hall–Kier alpha value is -2.55. The smallest absolute Gasteiger partial charge is 0.239 e. The highest BCUT2D eigenvalue weighted by molar-refractivity contribution is 5.82. The number of hydrogen-bond acceptors (Lipinski definition) is 5. The second-order valence-corrected chi connectivity index (χ2v) is 8.79. The van der Waals surface area contributed by atoms with Crippen LogP contribution in [0.15, 0.2) is 48.5 Å². The SMILES string of the molecule is CNC(CCCC1(c2ccc(F)cc2)OCCO1)C(=O)N1CCC(Oc2ccc(F)cc2)CC1. The lowest BCUT2D eigenvalue weighted by Gasteiger charge is -2.34. The molecule has 8 heteroatoms. The molecule has 0 bridgehead atoms. The van der Waals surface area contributed by atoms with Gasteiger partial charge in [0.2, 0.25) is 5.91 Å². The predicted molar refractivity (Wildman–Crippen MR) is 123 cm³/mol. The summed E-state index contributed by atoms with van der Waals surface area (Å²) in [5, 5.41) is 3.15. The number of piperidine rings is 1. The van der Waals surface area contributed by atoms with Crippen LogP contribution in [0.25, 0.3) is 0 Å². The van der Waals surface area contributed by atoms with E-state index in [4.69, 9.17) is 14.2 Å². The summed E-state index contributed by atoms with van der Waals surface area (Å²) in [6, 6.07) is 11.9. The summed E-state index contributed by atoms with van der Waals surface area (Å²) >= 11 is 0. The molecule has 0 aromatic heterocycles. The molecule has 1 amide bonds. The van der Waals surface area contributed by atoms with Crippen molar-refractivity contribution in [1.82, 2.24) is 10.2 Å². The normalized spacial score (nSPS) is 19.2. The van der Waals surface area contributed by atoms with Gasteiger partial charge in [0.25, 0.3) is 0 Å². The van der Waals surface area contributed by atoms with Crippen molar-refractivity contribution in [2.45, 2.75) is 50.0 Å². The number of benzene rings is 2. The fraction of sp³-hybridized carbons (Fsp3) is 0.500. The van der Waals surface area contributed by atoms with E-state index in [2.05, 4.69) is 5.32 Å². The average molecular weight is 475 g/mol. The molecule has 34 heavy (non-hydrogen) atoms. The summed E-state index contributed by atoms with van der Waals surface area (Å²) < 4.78 is 44.2. The van der Waals surface area contributed by atoms with Crippen molar-refractivity contribution >= 4 is 5.91 Å². The zero-order valence-electron chi connectivity index (χ0n) is 19.5. The second-order valence-electron chi connectivity index (χ2n) is 8.79. The molecular formula is C26H32F2N2O4. The molecule has 0 aliphatic carbocycles. The van der Waals surface area contributed by atoms with E-state index in [1.54, 1.807) is 31.3 Å². The Morgan fingerprint density at radius 3 is 2.24 bits per heavy atom. The Kier molecular flexibility index (Phi) is 8.13. The van der Waals surface area contributed by atoms with E-state index in [0.717, 1.165) is 18.4 Å². The zero-order valence-corrected chi connectivity index (χ0v) is 19.5. The molecule has 2 aliphatic heterocycles. The highest BCUT2D eigenvalue weighted by Gasteiger charge is 2.38. The number of nitrogens with one attached hydrogen (secondary N) is 1. The molecule has 2 saturated heterocycles. The van der Waals surface area contributed by atoms with Crippen molar-refractivity contribution in [2.24, 2.45) is 0 Å². The van der Waals surface area contributed by atoms with Crippen molar-refractivity contribution in [1.29, 1.82) is 0 Å². The van der Waals surface area contributed by atoms with Gasteiger partial charge in [-0.15, -0.1) is 0 Å². The van der Waals surface area contributed by atoms with Crippen LogP contribution >= 0.6 is 0 Å². The van der Waals surface area contributed by atoms with Gasteiger partial charge in [-0.05, 0) is 56.3 Å². The van der Waals surface area contributed by atoms with Gasteiger partial charge in [0.1, 0.15) is 23.5 Å². The van der Waals surface area contributed by atoms with Crippen molar-refractivity contribution in [3.63, 3.8) is 0 Å². The third-order valence-corrected chi connectivity index (χ3v) is 6.55. The third kappa shape index (κ3) is 5.92. The number of likely N-dealkylation sites (tertiary alicyclic amines) is 1. The summed E-state index contributed by atoms with van der Waals surface area (Å²) in [6.07, 6.45) is 3.40. The van der Waals surface area contributed by atoms with Crippen molar-refractivity contribution in [3.05, 3.63) is 65.7 Å². The molecule has 0 saturated carbocycles.